The average molecular weight is 574 g/mol. The van der Waals surface area contributed by atoms with Crippen molar-refractivity contribution in [2.75, 3.05) is 16.9 Å². The number of nitrogens with zero attached hydrogens (tertiary/aromatic N) is 2. The molecule has 0 saturated carbocycles. The van der Waals surface area contributed by atoms with Gasteiger partial charge in [0, 0.05) is 5.02 Å². The number of anilines is 2. The van der Waals surface area contributed by atoms with Crippen molar-refractivity contribution in [3.63, 3.8) is 0 Å². The maximum Gasteiger partial charge on any atom is 0.417 e. The lowest BCUT2D eigenvalue weighted by Gasteiger charge is -2.31. The number of carbonyl (C=O) groups is 2. The van der Waals surface area contributed by atoms with E-state index in [4.69, 9.17) is 11.6 Å². The molecular formula is C28H27ClF3N5O3. The average Bonchev–Trinajstić information content (AvgIpc) is 3.32. The number of aliphatic hydroxyl groups is 1. The van der Waals surface area contributed by atoms with E-state index in [1.54, 1.807) is 37.3 Å². The van der Waals surface area contributed by atoms with E-state index < -0.39 is 35.2 Å². The van der Waals surface area contributed by atoms with Crippen LogP contribution in [-0.4, -0.2) is 39.5 Å². The van der Waals surface area contributed by atoms with Crippen molar-refractivity contribution < 1.29 is 27.9 Å². The number of H-pyrrole nitrogens is 1. The number of alkyl halides is 3. The normalized spacial score (nSPS) is 12.5. The number of halogens is 4. The molecule has 0 radical (unpaired) electrons. The number of aromatic amines is 1. The number of para-hydroxylation sites is 1. The topological polar surface area (TPSA) is 110 Å². The summed E-state index contributed by atoms with van der Waals surface area (Å²) in [7, 11) is 0. The van der Waals surface area contributed by atoms with Crippen LogP contribution in [0.25, 0.3) is 11.0 Å². The zero-order valence-corrected chi connectivity index (χ0v) is 22.6. The third-order valence-corrected chi connectivity index (χ3v) is 6.84. The molecule has 0 aliphatic rings. The van der Waals surface area contributed by atoms with Crippen molar-refractivity contribution in [1.29, 1.82) is 0 Å². The Hall–Kier alpha value is -3.93. The molecule has 0 bridgehead atoms. The summed E-state index contributed by atoms with van der Waals surface area (Å²) < 4.78 is 40.2. The van der Waals surface area contributed by atoms with Crippen LogP contribution in [0.3, 0.4) is 0 Å². The van der Waals surface area contributed by atoms with E-state index >= 15 is 0 Å². The predicted octanol–water partition coefficient (Wildman–Crippen LogP) is 5.96. The summed E-state index contributed by atoms with van der Waals surface area (Å²) in [5, 5.41) is 14.0. The van der Waals surface area contributed by atoms with Gasteiger partial charge in [-0.3, -0.25) is 14.9 Å². The Morgan fingerprint density at radius 3 is 2.40 bits per heavy atom. The van der Waals surface area contributed by atoms with Gasteiger partial charge in [0.05, 0.1) is 40.5 Å². The molecule has 3 aromatic carbocycles. The summed E-state index contributed by atoms with van der Waals surface area (Å²) >= 11 is 6.34. The Morgan fingerprint density at radius 2 is 1.73 bits per heavy atom. The number of benzene rings is 3. The summed E-state index contributed by atoms with van der Waals surface area (Å²) in [6.45, 7) is 5.29. The van der Waals surface area contributed by atoms with Crippen LogP contribution in [0, 0.1) is 12.8 Å². The standard InChI is InChI=1S/C28H27ClF3N5O3/c1-15(2)22(14-38)36-37(23-13-7-11-20(29)16(23)3)26(40)18-9-6-12-21-24(18)34-27(33-21)35-25(39)17-8-4-5-10-19(17)28(30,31)32/h4-13,15,22,36,38H,14H2,1-3H3,(H2,33,34,35,39)/t22-/m1/s1. The van der Waals surface area contributed by atoms with Gasteiger partial charge in [-0.15, -0.1) is 0 Å². The highest BCUT2D eigenvalue weighted by Crippen LogP contribution is 2.33. The molecule has 1 heterocycles. The summed E-state index contributed by atoms with van der Waals surface area (Å²) in [5.74, 6) is -1.71. The Balaban J connectivity index is 1.73. The van der Waals surface area contributed by atoms with Gasteiger partial charge in [-0.05, 0) is 54.8 Å². The number of rotatable bonds is 8. The molecule has 0 fully saturated rings. The first kappa shape index (κ1) is 29.1. The summed E-state index contributed by atoms with van der Waals surface area (Å²) in [6, 6.07) is 13.8. The second-order valence-electron chi connectivity index (χ2n) is 9.47. The second-order valence-corrected chi connectivity index (χ2v) is 9.88. The number of imidazole rings is 1. The highest BCUT2D eigenvalue weighted by molar-refractivity contribution is 6.32. The van der Waals surface area contributed by atoms with Crippen LogP contribution in [0.1, 0.15) is 45.7 Å². The van der Waals surface area contributed by atoms with E-state index in [1.165, 1.54) is 23.2 Å². The molecule has 4 aromatic rings. The van der Waals surface area contributed by atoms with E-state index in [9.17, 15) is 27.9 Å². The molecule has 4 rings (SSSR count). The Bertz CT molecular complexity index is 1550. The van der Waals surface area contributed by atoms with Gasteiger partial charge in [-0.1, -0.05) is 49.7 Å². The number of nitrogens with one attached hydrogen (secondary N) is 3. The van der Waals surface area contributed by atoms with Crippen molar-refractivity contribution in [1.82, 2.24) is 15.4 Å². The number of carbonyl (C=O) groups excluding carboxylic acids is 2. The van der Waals surface area contributed by atoms with Gasteiger partial charge < -0.3 is 10.1 Å². The monoisotopic (exact) mass is 573 g/mol. The highest BCUT2D eigenvalue weighted by atomic mass is 35.5. The highest BCUT2D eigenvalue weighted by Gasteiger charge is 2.35. The van der Waals surface area contributed by atoms with Crippen molar-refractivity contribution in [2.45, 2.75) is 33.0 Å². The second kappa shape index (κ2) is 11.7. The zero-order chi connectivity index (χ0) is 29.2. The molecule has 0 saturated heterocycles. The Morgan fingerprint density at radius 1 is 1.05 bits per heavy atom. The third-order valence-electron chi connectivity index (χ3n) is 6.43. The largest absolute Gasteiger partial charge is 0.417 e. The molecule has 0 spiro atoms. The van der Waals surface area contributed by atoms with Gasteiger partial charge in [0.1, 0.15) is 5.52 Å². The molecule has 12 heteroatoms. The molecule has 0 aliphatic heterocycles. The Kier molecular flexibility index (Phi) is 8.48. The molecular weight excluding hydrogens is 547 g/mol. The fourth-order valence-electron chi connectivity index (χ4n) is 4.13. The maximum absolute atomic E-state index is 14.0. The lowest BCUT2D eigenvalue weighted by molar-refractivity contribution is -0.137. The van der Waals surface area contributed by atoms with Gasteiger partial charge in [0.25, 0.3) is 11.8 Å². The van der Waals surface area contributed by atoms with Crippen molar-refractivity contribution in [2.24, 2.45) is 5.92 Å². The van der Waals surface area contributed by atoms with Gasteiger partial charge in [-0.2, -0.15) is 13.2 Å². The van der Waals surface area contributed by atoms with Crippen LogP contribution >= 0.6 is 11.6 Å². The van der Waals surface area contributed by atoms with E-state index in [-0.39, 0.29) is 29.6 Å². The first-order chi connectivity index (χ1) is 18.9. The fraction of sp³-hybridized carbons (Fsp3) is 0.250. The van der Waals surface area contributed by atoms with Crippen LogP contribution in [0.2, 0.25) is 5.02 Å². The molecule has 1 aromatic heterocycles. The number of fused-ring (bicyclic) bond motifs is 1. The first-order valence-electron chi connectivity index (χ1n) is 12.3. The SMILES string of the molecule is Cc1c(Cl)cccc1N(N[C@H](CO)C(C)C)C(=O)c1cccc2[nH]c(NC(=O)c3ccccc3C(F)(F)F)nc12. The number of aromatic nitrogens is 2. The lowest BCUT2D eigenvalue weighted by atomic mass is 10.1. The Labute approximate surface area is 233 Å². The molecule has 0 aliphatic carbocycles. The zero-order valence-electron chi connectivity index (χ0n) is 21.8. The van der Waals surface area contributed by atoms with Crippen LogP contribution < -0.4 is 15.8 Å². The predicted molar refractivity (Wildman–Crippen MR) is 147 cm³/mol. The van der Waals surface area contributed by atoms with Crippen LogP contribution in [0.15, 0.2) is 60.7 Å². The summed E-state index contributed by atoms with van der Waals surface area (Å²) in [6.07, 6.45) is -4.72. The first-order valence-corrected chi connectivity index (χ1v) is 12.7. The smallest absolute Gasteiger partial charge is 0.395 e. The third kappa shape index (κ3) is 5.96. The van der Waals surface area contributed by atoms with Crippen molar-refractivity contribution in [3.05, 3.63) is 87.9 Å². The maximum atomic E-state index is 14.0. The molecule has 2 amide bonds. The molecule has 8 nitrogen and oxygen atoms in total. The number of hydrogen-bond acceptors (Lipinski definition) is 5. The molecule has 1 atom stereocenters. The molecule has 40 heavy (non-hydrogen) atoms. The van der Waals surface area contributed by atoms with Crippen LogP contribution in [0.4, 0.5) is 24.8 Å². The van der Waals surface area contributed by atoms with Gasteiger partial charge in [-0.25, -0.2) is 15.4 Å². The fourth-order valence-corrected chi connectivity index (χ4v) is 4.30. The summed E-state index contributed by atoms with van der Waals surface area (Å²) in [5.41, 5.74) is 3.22. The molecule has 0 unspecified atom stereocenters. The molecule has 210 valence electrons. The van der Waals surface area contributed by atoms with Crippen LogP contribution in [0.5, 0.6) is 0 Å². The molecule has 4 N–H and O–H groups in total. The van der Waals surface area contributed by atoms with E-state index in [1.807, 2.05) is 13.8 Å². The van der Waals surface area contributed by atoms with Crippen molar-refractivity contribution in [3.8, 4) is 0 Å². The van der Waals surface area contributed by atoms with Gasteiger partial charge in [0.2, 0.25) is 5.95 Å². The minimum Gasteiger partial charge on any atom is -0.395 e. The quantitative estimate of drug-likeness (QED) is 0.194. The summed E-state index contributed by atoms with van der Waals surface area (Å²) in [4.78, 5) is 33.9. The number of aliphatic hydroxyl groups excluding tert-OH is 1. The van der Waals surface area contributed by atoms with Crippen LogP contribution in [-0.2, 0) is 6.18 Å². The van der Waals surface area contributed by atoms with Gasteiger partial charge in [0.15, 0.2) is 0 Å². The number of amides is 2. The lowest BCUT2D eigenvalue weighted by Crippen LogP contribution is -2.52. The minimum atomic E-state index is -4.72. The number of hydrogen-bond donors (Lipinski definition) is 4. The van der Waals surface area contributed by atoms with Gasteiger partial charge >= 0.3 is 6.18 Å². The van der Waals surface area contributed by atoms with E-state index in [0.29, 0.717) is 21.8 Å². The number of hydrazine groups is 1. The minimum absolute atomic E-state index is 0.0395. The van der Waals surface area contributed by atoms with E-state index in [2.05, 4.69) is 20.7 Å². The van der Waals surface area contributed by atoms with E-state index in [0.717, 1.165) is 12.1 Å². The van der Waals surface area contributed by atoms with Crippen molar-refractivity contribution >= 4 is 46.1 Å².